The van der Waals surface area contributed by atoms with Gasteiger partial charge in [-0.2, -0.15) is 0 Å². The first-order valence-electron chi connectivity index (χ1n) is 5.09. The third-order valence-electron chi connectivity index (χ3n) is 2.20. The Kier molecular flexibility index (Phi) is 5.22. The van der Waals surface area contributed by atoms with Crippen LogP contribution < -0.4 is 0 Å². The molecule has 0 saturated heterocycles. The zero-order valence-electron chi connectivity index (χ0n) is 8.93. The second kappa shape index (κ2) is 6.74. The van der Waals surface area contributed by atoms with Gasteiger partial charge >= 0.3 is 5.97 Å². The van der Waals surface area contributed by atoms with E-state index in [9.17, 15) is 4.79 Å². The summed E-state index contributed by atoms with van der Waals surface area (Å²) in [5.74, 6) is -1.71. The Hall–Kier alpha value is -1.68. The molecular weight excluding hydrogens is 206 g/mol. The number of carboxylic acid groups (broad SMARTS) is 1. The van der Waals surface area contributed by atoms with Gasteiger partial charge in [0.2, 0.25) is 0 Å². The molecule has 86 valence electrons. The summed E-state index contributed by atoms with van der Waals surface area (Å²) in [6.45, 7) is 0.826. The smallest absolute Gasteiger partial charge is 0.312 e. The highest BCUT2D eigenvalue weighted by Gasteiger charge is 2.13. The van der Waals surface area contributed by atoms with E-state index in [1.807, 2.05) is 30.3 Å². The maximum Gasteiger partial charge on any atom is 0.312 e. The predicted molar refractivity (Wildman–Crippen MR) is 60.6 cm³/mol. The summed E-state index contributed by atoms with van der Waals surface area (Å²) < 4.78 is 5.34. The minimum absolute atomic E-state index is 0.339. The molecule has 0 bridgehead atoms. The van der Waals surface area contributed by atoms with Gasteiger partial charge in [-0.25, -0.2) is 0 Å². The van der Waals surface area contributed by atoms with Crippen molar-refractivity contribution in [3.63, 3.8) is 0 Å². The maximum absolute atomic E-state index is 10.6. The van der Waals surface area contributed by atoms with Crippen LogP contribution in [-0.4, -0.2) is 23.9 Å². The summed E-state index contributed by atoms with van der Waals surface area (Å²) in [6.07, 6.45) is 1.28. The van der Waals surface area contributed by atoms with Crippen LogP contribution in [0.15, 0.2) is 30.3 Å². The molecule has 1 atom stereocenters. The van der Waals surface area contributed by atoms with E-state index in [-0.39, 0.29) is 0 Å². The molecule has 1 aromatic carbocycles. The van der Waals surface area contributed by atoms with Crippen LogP contribution in [0.4, 0.5) is 0 Å². The molecule has 2 N–H and O–H groups in total. The third kappa shape index (κ3) is 4.23. The molecule has 1 rings (SSSR count). The number of aliphatic carboxylic acids is 1. The minimum atomic E-state index is -0.974. The van der Waals surface area contributed by atoms with Crippen LogP contribution in [0.25, 0.3) is 0 Å². The van der Waals surface area contributed by atoms with Gasteiger partial charge < -0.3 is 15.3 Å². The van der Waals surface area contributed by atoms with E-state index in [0.29, 0.717) is 19.6 Å². The van der Waals surface area contributed by atoms with Gasteiger partial charge in [-0.1, -0.05) is 30.3 Å². The zero-order valence-corrected chi connectivity index (χ0v) is 8.93. The van der Waals surface area contributed by atoms with Crippen LogP contribution in [0.3, 0.4) is 0 Å². The van der Waals surface area contributed by atoms with Gasteiger partial charge in [-0.3, -0.25) is 4.79 Å². The molecule has 0 radical (unpaired) electrons. The quantitative estimate of drug-likeness (QED) is 0.546. The molecule has 0 aliphatic carbocycles. The Morgan fingerprint density at radius 3 is 2.69 bits per heavy atom. The summed E-state index contributed by atoms with van der Waals surface area (Å²) in [4.78, 5) is 10.6. The fraction of sp³-hybridized carbons (Fsp3) is 0.333. The second-order valence-corrected chi connectivity index (χ2v) is 3.44. The lowest BCUT2D eigenvalue weighted by Crippen LogP contribution is -2.16. The number of carbonyl (C=O) groups is 1. The molecular formula is C12H15NO3. The number of carboxylic acids is 1. The van der Waals surface area contributed by atoms with E-state index >= 15 is 0 Å². The molecule has 0 saturated carbocycles. The standard InChI is InChI=1S/C12H15NO3/c13-8-11(12(14)15)6-7-16-9-10-4-2-1-3-5-10/h1-5,8,11,13H,6-7,9H2,(H,14,15). The van der Waals surface area contributed by atoms with E-state index in [4.69, 9.17) is 15.3 Å². The van der Waals surface area contributed by atoms with Crippen LogP contribution in [0, 0.1) is 11.3 Å². The van der Waals surface area contributed by atoms with E-state index in [2.05, 4.69) is 0 Å². The number of nitrogens with one attached hydrogen (secondary N) is 1. The van der Waals surface area contributed by atoms with Crippen LogP contribution in [0.5, 0.6) is 0 Å². The van der Waals surface area contributed by atoms with Crippen molar-refractivity contribution in [3.05, 3.63) is 35.9 Å². The van der Waals surface area contributed by atoms with Crippen molar-refractivity contribution in [1.82, 2.24) is 0 Å². The van der Waals surface area contributed by atoms with Crippen LogP contribution in [0.2, 0.25) is 0 Å². The number of hydrogen-bond acceptors (Lipinski definition) is 3. The molecule has 0 amide bonds. The fourth-order valence-electron chi connectivity index (χ4n) is 1.25. The SMILES string of the molecule is N=CC(CCOCc1ccccc1)C(=O)O. The van der Waals surface area contributed by atoms with Crippen LogP contribution in [-0.2, 0) is 16.1 Å². The summed E-state index contributed by atoms with van der Waals surface area (Å²) in [7, 11) is 0. The molecule has 0 aliphatic heterocycles. The lowest BCUT2D eigenvalue weighted by molar-refractivity contribution is -0.139. The Balaban J connectivity index is 2.21. The van der Waals surface area contributed by atoms with Crippen molar-refractivity contribution >= 4 is 12.2 Å². The van der Waals surface area contributed by atoms with Crippen LogP contribution >= 0.6 is 0 Å². The Bertz CT molecular complexity index is 337. The van der Waals surface area contributed by atoms with E-state index < -0.39 is 11.9 Å². The lowest BCUT2D eigenvalue weighted by atomic mass is 10.1. The van der Waals surface area contributed by atoms with Crippen molar-refractivity contribution in [1.29, 1.82) is 5.41 Å². The van der Waals surface area contributed by atoms with E-state index in [1.165, 1.54) is 0 Å². The minimum Gasteiger partial charge on any atom is -0.481 e. The molecule has 16 heavy (non-hydrogen) atoms. The van der Waals surface area contributed by atoms with Crippen molar-refractivity contribution in [2.75, 3.05) is 6.61 Å². The Labute approximate surface area is 94.4 Å². The summed E-state index contributed by atoms with van der Waals surface area (Å²) in [5.41, 5.74) is 1.06. The van der Waals surface area contributed by atoms with Gasteiger partial charge in [-0.05, 0) is 12.0 Å². The number of benzene rings is 1. The lowest BCUT2D eigenvalue weighted by Gasteiger charge is -2.07. The predicted octanol–water partition coefficient (Wildman–Crippen LogP) is 1.94. The van der Waals surface area contributed by atoms with Gasteiger partial charge in [0, 0.05) is 12.8 Å². The van der Waals surface area contributed by atoms with Crippen LogP contribution in [0.1, 0.15) is 12.0 Å². The number of rotatable bonds is 7. The average molecular weight is 221 g/mol. The van der Waals surface area contributed by atoms with Crippen molar-refractivity contribution < 1.29 is 14.6 Å². The van der Waals surface area contributed by atoms with Gasteiger partial charge in [0.15, 0.2) is 0 Å². The third-order valence-corrected chi connectivity index (χ3v) is 2.20. The molecule has 0 aliphatic rings. The topological polar surface area (TPSA) is 70.4 Å². The molecule has 4 nitrogen and oxygen atoms in total. The van der Waals surface area contributed by atoms with Gasteiger partial charge in [0.05, 0.1) is 12.5 Å². The molecule has 0 spiro atoms. The van der Waals surface area contributed by atoms with E-state index in [0.717, 1.165) is 11.8 Å². The highest BCUT2D eigenvalue weighted by Crippen LogP contribution is 2.04. The summed E-state index contributed by atoms with van der Waals surface area (Å²) in [6, 6.07) is 9.68. The molecule has 0 heterocycles. The molecule has 0 fully saturated rings. The highest BCUT2D eigenvalue weighted by molar-refractivity contribution is 5.87. The van der Waals surface area contributed by atoms with Crippen molar-refractivity contribution in [3.8, 4) is 0 Å². The average Bonchev–Trinajstić information content (AvgIpc) is 2.30. The zero-order chi connectivity index (χ0) is 11.8. The largest absolute Gasteiger partial charge is 0.481 e. The first-order valence-corrected chi connectivity index (χ1v) is 5.09. The first-order chi connectivity index (χ1) is 7.74. The van der Waals surface area contributed by atoms with Crippen molar-refractivity contribution in [2.24, 2.45) is 5.92 Å². The second-order valence-electron chi connectivity index (χ2n) is 3.44. The van der Waals surface area contributed by atoms with Crippen molar-refractivity contribution in [2.45, 2.75) is 13.0 Å². The summed E-state index contributed by atoms with van der Waals surface area (Å²) in [5, 5.41) is 15.6. The fourth-order valence-corrected chi connectivity index (χ4v) is 1.25. The number of hydrogen-bond donors (Lipinski definition) is 2. The van der Waals surface area contributed by atoms with Gasteiger partial charge in [0.1, 0.15) is 0 Å². The maximum atomic E-state index is 10.6. The molecule has 1 aromatic rings. The summed E-state index contributed by atoms with van der Waals surface area (Å²) >= 11 is 0. The van der Waals surface area contributed by atoms with E-state index in [1.54, 1.807) is 0 Å². The molecule has 4 heteroatoms. The Morgan fingerprint density at radius 2 is 2.12 bits per heavy atom. The first kappa shape index (κ1) is 12.4. The van der Waals surface area contributed by atoms with Gasteiger partial charge in [-0.15, -0.1) is 0 Å². The number of ether oxygens (including phenoxy) is 1. The molecule has 1 unspecified atom stereocenters. The molecule has 0 aromatic heterocycles. The monoisotopic (exact) mass is 221 g/mol. The highest BCUT2D eigenvalue weighted by atomic mass is 16.5. The van der Waals surface area contributed by atoms with Gasteiger partial charge in [0.25, 0.3) is 0 Å². The Morgan fingerprint density at radius 1 is 1.44 bits per heavy atom. The normalized spacial score (nSPS) is 12.0.